The lowest BCUT2D eigenvalue weighted by molar-refractivity contribution is -0.111. The minimum absolute atomic E-state index is 0.232. The lowest BCUT2D eigenvalue weighted by Crippen LogP contribution is -2.07. The van der Waals surface area contributed by atoms with Crippen LogP contribution in [-0.4, -0.2) is 32.8 Å². The number of rotatable bonds is 7. The molecule has 8 nitrogen and oxygen atoms in total. The van der Waals surface area contributed by atoms with Crippen molar-refractivity contribution in [3.63, 3.8) is 0 Å². The number of ether oxygens (including phenoxy) is 2. The summed E-state index contributed by atoms with van der Waals surface area (Å²) in [6.07, 6.45) is 6.69. The van der Waals surface area contributed by atoms with Crippen molar-refractivity contribution in [2.24, 2.45) is 0 Å². The maximum absolute atomic E-state index is 12.2. The van der Waals surface area contributed by atoms with E-state index in [4.69, 9.17) is 9.47 Å². The van der Waals surface area contributed by atoms with Gasteiger partial charge in [-0.25, -0.2) is 9.67 Å². The van der Waals surface area contributed by atoms with Crippen LogP contribution in [0.4, 0.5) is 5.69 Å². The first-order valence-corrected chi connectivity index (χ1v) is 9.86. The van der Waals surface area contributed by atoms with Gasteiger partial charge in [-0.05, 0) is 61.0 Å². The normalized spacial score (nSPS) is 10.8. The summed E-state index contributed by atoms with van der Waals surface area (Å²) in [6.45, 7) is 1.79. The van der Waals surface area contributed by atoms with Crippen LogP contribution in [0.1, 0.15) is 11.4 Å². The van der Waals surface area contributed by atoms with Crippen molar-refractivity contribution in [1.82, 2.24) is 19.7 Å². The zero-order valence-corrected chi connectivity index (χ0v) is 17.6. The van der Waals surface area contributed by atoms with E-state index < -0.39 is 0 Å². The fourth-order valence-corrected chi connectivity index (χ4v) is 2.90. The average molecular weight is 427 g/mol. The molecular weight excluding hydrogens is 406 g/mol. The summed E-state index contributed by atoms with van der Waals surface area (Å²) in [5.74, 6) is 2.71. The van der Waals surface area contributed by atoms with Gasteiger partial charge < -0.3 is 14.8 Å². The van der Waals surface area contributed by atoms with Crippen molar-refractivity contribution < 1.29 is 14.3 Å². The second kappa shape index (κ2) is 9.57. The smallest absolute Gasteiger partial charge is 0.248 e. The van der Waals surface area contributed by atoms with Crippen LogP contribution >= 0.6 is 0 Å². The third-order valence-corrected chi connectivity index (χ3v) is 4.43. The van der Waals surface area contributed by atoms with E-state index in [2.05, 4.69) is 20.4 Å². The molecule has 32 heavy (non-hydrogen) atoms. The zero-order chi connectivity index (χ0) is 22.3. The summed E-state index contributed by atoms with van der Waals surface area (Å²) in [5.41, 5.74) is 1.55. The van der Waals surface area contributed by atoms with Crippen LogP contribution in [0.2, 0.25) is 0 Å². The van der Waals surface area contributed by atoms with Crippen LogP contribution in [0.15, 0.2) is 79.1 Å². The molecule has 0 saturated heterocycles. The number of hydrogen-bond donors (Lipinski definition) is 1. The molecule has 0 fully saturated rings. The number of nitrogens with zero attached hydrogens (tertiary/aromatic N) is 4. The summed E-state index contributed by atoms with van der Waals surface area (Å²) in [4.78, 5) is 20.9. The fourth-order valence-electron chi connectivity index (χ4n) is 2.90. The number of carbonyl (C=O) groups excluding carboxylic acids is 1. The Kier molecular flexibility index (Phi) is 6.22. The molecule has 0 saturated carbocycles. The second-order valence-corrected chi connectivity index (χ2v) is 6.78. The van der Waals surface area contributed by atoms with Crippen LogP contribution < -0.4 is 14.8 Å². The molecule has 0 aliphatic carbocycles. The summed E-state index contributed by atoms with van der Waals surface area (Å²) in [6, 6.07) is 18.0. The van der Waals surface area contributed by atoms with E-state index >= 15 is 0 Å². The SMILES string of the molecule is COc1ccc(/C=C/C(=O)Nc2ccc(Oc3cc(-n4cccn4)nc(C)n3)cc2)cc1. The summed E-state index contributed by atoms with van der Waals surface area (Å²) < 4.78 is 12.6. The molecular formula is C24H21N5O3. The van der Waals surface area contributed by atoms with Crippen molar-refractivity contribution in [1.29, 1.82) is 0 Å². The third-order valence-electron chi connectivity index (χ3n) is 4.43. The van der Waals surface area contributed by atoms with Gasteiger partial charge in [0.2, 0.25) is 11.8 Å². The van der Waals surface area contributed by atoms with E-state index in [1.165, 1.54) is 6.08 Å². The molecule has 0 unspecified atom stereocenters. The molecule has 4 aromatic rings. The first-order chi connectivity index (χ1) is 15.6. The number of aromatic nitrogens is 4. The van der Waals surface area contributed by atoms with Crippen LogP contribution in [0.25, 0.3) is 11.9 Å². The Labute approximate surface area is 185 Å². The average Bonchev–Trinajstić information content (AvgIpc) is 3.34. The van der Waals surface area contributed by atoms with E-state index in [-0.39, 0.29) is 5.91 Å². The van der Waals surface area contributed by atoms with Gasteiger partial charge in [0, 0.05) is 30.2 Å². The Bertz CT molecular complexity index is 1220. The highest BCUT2D eigenvalue weighted by Gasteiger charge is 2.07. The van der Waals surface area contributed by atoms with Crippen molar-refractivity contribution in [3.05, 3.63) is 90.5 Å². The summed E-state index contributed by atoms with van der Waals surface area (Å²) >= 11 is 0. The first-order valence-electron chi connectivity index (χ1n) is 9.86. The Morgan fingerprint density at radius 3 is 2.47 bits per heavy atom. The molecule has 0 aliphatic rings. The van der Waals surface area contributed by atoms with Crippen LogP contribution in [0.5, 0.6) is 17.4 Å². The Morgan fingerprint density at radius 1 is 1.03 bits per heavy atom. The third kappa shape index (κ3) is 5.37. The number of benzene rings is 2. The number of methoxy groups -OCH3 is 1. The predicted molar refractivity (Wildman–Crippen MR) is 121 cm³/mol. The van der Waals surface area contributed by atoms with Gasteiger partial charge in [0.15, 0.2) is 5.82 Å². The molecule has 8 heteroatoms. The highest BCUT2D eigenvalue weighted by Crippen LogP contribution is 2.23. The second-order valence-electron chi connectivity index (χ2n) is 6.78. The zero-order valence-electron chi connectivity index (χ0n) is 17.6. The molecule has 0 spiro atoms. The fraction of sp³-hybridized carbons (Fsp3) is 0.0833. The van der Waals surface area contributed by atoms with Gasteiger partial charge in [-0.1, -0.05) is 12.1 Å². The van der Waals surface area contributed by atoms with Gasteiger partial charge in [0.25, 0.3) is 0 Å². The number of anilines is 1. The van der Waals surface area contributed by atoms with Crippen LogP contribution in [-0.2, 0) is 4.79 Å². The minimum Gasteiger partial charge on any atom is -0.497 e. The van der Waals surface area contributed by atoms with E-state index in [1.54, 1.807) is 67.5 Å². The Morgan fingerprint density at radius 2 is 1.78 bits per heavy atom. The van der Waals surface area contributed by atoms with E-state index in [0.29, 0.717) is 29.0 Å². The largest absolute Gasteiger partial charge is 0.497 e. The number of nitrogens with one attached hydrogen (secondary N) is 1. The maximum atomic E-state index is 12.2. The highest BCUT2D eigenvalue weighted by atomic mass is 16.5. The van der Waals surface area contributed by atoms with Gasteiger partial charge in [0.1, 0.15) is 17.3 Å². The Hall–Kier alpha value is -4.46. The van der Waals surface area contributed by atoms with E-state index in [9.17, 15) is 4.79 Å². The molecule has 1 N–H and O–H groups in total. The number of carbonyl (C=O) groups is 1. The molecule has 2 aromatic heterocycles. The predicted octanol–water partition coefficient (Wildman–Crippen LogP) is 4.42. The monoisotopic (exact) mass is 427 g/mol. The van der Waals surface area contributed by atoms with Gasteiger partial charge in [-0.15, -0.1) is 0 Å². The first kappa shape index (κ1) is 20.8. The van der Waals surface area contributed by atoms with Crippen molar-refractivity contribution in [2.75, 3.05) is 12.4 Å². The summed E-state index contributed by atoms with van der Waals surface area (Å²) in [5, 5.41) is 7.00. The maximum Gasteiger partial charge on any atom is 0.248 e. The van der Waals surface area contributed by atoms with Gasteiger partial charge in [-0.3, -0.25) is 4.79 Å². The quantitative estimate of drug-likeness (QED) is 0.439. The molecule has 0 bridgehead atoms. The standard InChI is InChI=1S/C24H21N5O3/c1-17-26-22(29-15-3-14-25-29)16-24(27-17)32-21-11-7-19(8-12-21)28-23(30)13-6-18-4-9-20(31-2)10-5-18/h3-16H,1-2H3,(H,28,30)/b13-6+. The lowest BCUT2D eigenvalue weighted by atomic mass is 10.2. The van der Waals surface area contributed by atoms with Gasteiger partial charge in [-0.2, -0.15) is 10.1 Å². The topological polar surface area (TPSA) is 91.2 Å². The highest BCUT2D eigenvalue weighted by molar-refractivity contribution is 6.01. The number of hydrogen-bond acceptors (Lipinski definition) is 6. The van der Waals surface area contributed by atoms with Crippen molar-refractivity contribution in [3.8, 4) is 23.2 Å². The van der Waals surface area contributed by atoms with Crippen molar-refractivity contribution >= 4 is 17.7 Å². The molecule has 0 aliphatic heterocycles. The lowest BCUT2D eigenvalue weighted by Gasteiger charge is -2.09. The number of aryl methyl sites for hydroxylation is 1. The molecule has 4 rings (SSSR count). The minimum atomic E-state index is -0.232. The molecule has 2 heterocycles. The molecule has 160 valence electrons. The molecule has 0 atom stereocenters. The summed E-state index contributed by atoms with van der Waals surface area (Å²) in [7, 11) is 1.61. The molecule has 2 aromatic carbocycles. The van der Waals surface area contributed by atoms with E-state index in [0.717, 1.165) is 11.3 Å². The molecule has 1 amide bonds. The van der Waals surface area contributed by atoms with Crippen molar-refractivity contribution in [2.45, 2.75) is 6.92 Å². The van der Waals surface area contributed by atoms with Gasteiger partial charge in [0.05, 0.1) is 7.11 Å². The van der Waals surface area contributed by atoms with Crippen LogP contribution in [0, 0.1) is 6.92 Å². The molecule has 0 radical (unpaired) electrons. The van der Waals surface area contributed by atoms with E-state index in [1.807, 2.05) is 30.3 Å². The van der Waals surface area contributed by atoms with Gasteiger partial charge >= 0.3 is 0 Å². The van der Waals surface area contributed by atoms with Crippen LogP contribution in [0.3, 0.4) is 0 Å². The number of amides is 1. The Balaban J connectivity index is 1.38.